The van der Waals surface area contributed by atoms with Gasteiger partial charge in [0.2, 0.25) is 0 Å². The Bertz CT molecular complexity index is 849. The summed E-state index contributed by atoms with van der Waals surface area (Å²) < 4.78 is 41.8. The van der Waals surface area contributed by atoms with Crippen LogP contribution in [0.3, 0.4) is 0 Å². The van der Waals surface area contributed by atoms with Crippen molar-refractivity contribution in [2.75, 3.05) is 11.7 Å². The van der Waals surface area contributed by atoms with Gasteiger partial charge in [0.15, 0.2) is 9.84 Å². The van der Waals surface area contributed by atoms with Crippen LogP contribution in [0.15, 0.2) is 54.6 Å². The summed E-state index contributed by atoms with van der Waals surface area (Å²) in [6, 6.07) is 13.0. The third-order valence-corrected chi connectivity index (χ3v) is 7.68. The standard InChI is InChI=1S/C14H14NO6PS/c1-23(19,20)11-22(18,14-5-3-2-4-6-14)21-13-9-7-12(8-10-13)15(16)17/h2-10H,11H2,1H3. The van der Waals surface area contributed by atoms with E-state index in [2.05, 4.69) is 0 Å². The van der Waals surface area contributed by atoms with Gasteiger partial charge in [0.1, 0.15) is 11.2 Å². The SMILES string of the molecule is CS(=O)(=O)CP(=O)(Oc1ccc([N+](=O)[O-])cc1)c1ccccc1. The maximum atomic E-state index is 13.1. The van der Waals surface area contributed by atoms with Gasteiger partial charge in [0.05, 0.1) is 4.92 Å². The lowest BCUT2D eigenvalue weighted by Crippen LogP contribution is -2.17. The van der Waals surface area contributed by atoms with Gasteiger partial charge in [-0.15, -0.1) is 0 Å². The van der Waals surface area contributed by atoms with Crippen LogP contribution in [-0.4, -0.2) is 25.1 Å². The fourth-order valence-corrected chi connectivity index (χ4v) is 6.39. The fourth-order valence-electron chi connectivity index (χ4n) is 1.92. The minimum atomic E-state index is -3.71. The number of nitrogens with zero attached hydrogens (tertiary/aromatic N) is 1. The zero-order chi connectivity index (χ0) is 17.1. The predicted octanol–water partition coefficient (Wildman–Crippen LogP) is 2.58. The summed E-state index contributed by atoms with van der Waals surface area (Å²) in [6.07, 6.45) is 0.974. The summed E-state index contributed by atoms with van der Waals surface area (Å²) in [6.45, 7) is 0. The molecule has 9 heteroatoms. The molecule has 2 aromatic rings. The minimum Gasteiger partial charge on any atom is -0.439 e. The van der Waals surface area contributed by atoms with Gasteiger partial charge in [0, 0.05) is 23.7 Å². The van der Waals surface area contributed by atoms with Crippen LogP contribution in [0.2, 0.25) is 0 Å². The molecule has 0 aromatic heterocycles. The summed E-state index contributed by atoms with van der Waals surface area (Å²) in [5.41, 5.74) is -0.795. The highest BCUT2D eigenvalue weighted by Crippen LogP contribution is 2.47. The molecule has 23 heavy (non-hydrogen) atoms. The molecular weight excluding hydrogens is 341 g/mol. The Morgan fingerprint density at radius 2 is 1.65 bits per heavy atom. The first-order valence-corrected chi connectivity index (χ1v) is 10.3. The molecule has 2 aromatic carbocycles. The van der Waals surface area contributed by atoms with Crippen molar-refractivity contribution in [1.82, 2.24) is 0 Å². The summed E-state index contributed by atoms with van der Waals surface area (Å²) in [4.78, 5) is 10.1. The second kappa shape index (κ2) is 6.52. The van der Waals surface area contributed by atoms with Gasteiger partial charge in [-0.2, -0.15) is 0 Å². The van der Waals surface area contributed by atoms with Crippen molar-refractivity contribution in [3.63, 3.8) is 0 Å². The quantitative estimate of drug-likeness (QED) is 0.448. The van der Waals surface area contributed by atoms with Crippen LogP contribution in [-0.2, 0) is 14.4 Å². The normalized spacial score (nSPS) is 14.0. The Morgan fingerprint density at radius 1 is 1.09 bits per heavy atom. The minimum absolute atomic E-state index is 0.103. The molecule has 0 spiro atoms. The van der Waals surface area contributed by atoms with E-state index in [0.29, 0.717) is 0 Å². The highest BCUT2D eigenvalue weighted by atomic mass is 32.2. The molecule has 0 aliphatic carbocycles. The average molecular weight is 355 g/mol. The van der Waals surface area contributed by atoms with Gasteiger partial charge in [-0.3, -0.25) is 14.7 Å². The van der Waals surface area contributed by atoms with Crippen molar-refractivity contribution < 1.29 is 22.4 Å². The monoisotopic (exact) mass is 355 g/mol. The lowest BCUT2D eigenvalue weighted by molar-refractivity contribution is -0.384. The molecule has 0 aliphatic heterocycles. The molecule has 1 unspecified atom stereocenters. The Morgan fingerprint density at radius 3 is 2.13 bits per heavy atom. The van der Waals surface area contributed by atoms with Crippen LogP contribution in [0.4, 0.5) is 5.69 Å². The molecule has 0 heterocycles. The second-order valence-corrected chi connectivity index (χ2v) is 9.84. The Kier molecular flexibility index (Phi) is 4.87. The number of rotatable bonds is 6. The maximum absolute atomic E-state index is 13.1. The van der Waals surface area contributed by atoms with Crippen LogP contribution < -0.4 is 9.83 Å². The molecular formula is C14H14NO6PS. The van der Waals surface area contributed by atoms with Gasteiger partial charge in [-0.25, -0.2) is 8.42 Å². The molecule has 1 atom stereocenters. The van der Waals surface area contributed by atoms with Gasteiger partial charge in [0.25, 0.3) is 13.1 Å². The maximum Gasteiger partial charge on any atom is 0.291 e. The van der Waals surface area contributed by atoms with Crippen LogP contribution >= 0.6 is 7.37 Å². The molecule has 0 aliphatic rings. The van der Waals surface area contributed by atoms with Crippen molar-refractivity contribution in [2.45, 2.75) is 0 Å². The number of benzene rings is 2. The highest BCUT2D eigenvalue weighted by molar-refractivity contribution is 7.99. The van der Waals surface area contributed by atoms with E-state index in [9.17, 15) is 23.1 Å². The summed E-state index contributed by atoms with van der Waals surface area (Å²) in [5.74, 6) is 0.103. The molecule has 0 saturated heterocycles. The largest absolute Gasteiger partial charge is 0.439 e. The fraction of sp³-hybridized carbons (Fsp3) is 0.143. The van der Waals surface area contributed by atoms with Gasteiger partial charge < -0.3 is 4.52 Å². The predicted molar refractivity (Wildman–Crippen MR) is 87.1 cm³/mol. The smallest absolute Gasteiger partial charge is 0.291 e. The molecule has 122 valence electrons. The van der Waals surface area contributed by atoms with E-state index in [1.165, 1.54) is 36.4 Å². The molecule has 0 fully saturated rings. The van der Waals surface area contributed by atoms with Crippen molar-refractivity contribution in [3.05, 3.63) is 64.7 Å². The van der Waals surface area contributed by atoms with Crippen LogP contribution in [0.25, 0.3) is 0 Å². The Labute approximate surface area is 133 Å². The van der Waals surface area contributed by atoms with Crippen molar-refractivity contribution in [2.24, 2.45) is 0 Å². The zero-order valence-corrected chi connectivity index (χ0v) is 13.9. The lowest BCUT2D eigenvalue weighted by Gasteiger charge is -2.19. The van der Waals surface area contributed by atoms with E-state index in [1.807, 2.05) is 0 Å². The first-order chi connectivity index (χ1) is 10.7. The number of non-ortho nitro benzene ring substituents is 1. The van der Waals surface area contributed by atoms with E-state index < -0.39 is 27.6 Å². The summed E-state index contributed by atoms with van der Waals surface area (Å²) >= 11 is 0. The third-order valence-electron chi connectivity index (χ3n) is 2.85. The van der Waals surface area contributed by atoms with Crippen LogP contribution in [0.5, 0.6) is 5.75 Å². The van der Waals surface area contributed by atoms with E-state index in [-0.39, 0.29) is 16.7 Å². The van der Waals surface area contributed by atoms with E-state index in [4.69, 9.17) is 4.52 Å². The number of nitro benzene ring substituents is 1. The van der Waals surface area contributed by atoms with Crippen molar-refractivity contribution in [1.29, 1.82) is 0 Å². The van der Waals surface area contributed by atoms with E-state index in [0.717, 1.165) is 6.26 Å². The lowest BCUT2D eigenvalue weighted by atomic mass is 10.3. The molecule has 0 saturated carbocycles. The van der Waals surface area contributed by atoms with Crippen LogP contribution in [0, 0.1) is 10.1 Å². The van der Waals surface area contributed by atoms with Gasteiger partial charge in [-0.1, -0.05) is 18.2 Å². The highest BCUT2D eigenvalue weighted by Gasteiger charge is 2.32. The number of hydrogen-bond donors (Lipinski definition) is 0. The number of sulfone groups is 1. The molecule has 0 radical (unpaired) electrons. The number of hydrogen-bond acceptors (Lipinski definition) is 6. The summed E-state index contributed by atoms with van der Waals surface area (Å²) in [5, 5.41) is 10.9. The summed E-state index contributed by atoms with van der Waals surface area (Å²) in [7, 11) is -7.28. The molecule has 0 amide bonds. The van der Waals surface area contributed by atoms with Crippen molar-refractivity contribution in [3.8, 4) is 5.75 Å². The zero-order valence-electron chi connectivity index (χ0n) is 12.2. The van der Waals surface area contributed by atoms with Crippen molar-refractivity contribution >= 4 is 28.2 Å². The molecule has 0 N–H and O–H groups in total. The molecule has 0 bridgehead atoms. The second-order valence-electron chi connectivity index (χ2n) is 4.91. The topological polar surface area (TPSA) is 104 Å². The first-order valence-electron chi connectivity index (χ1n) is 6.46. The number of nitro groups is 1. The first kappa shape index (κ1) is 17.2. The molecule has 2 rings (SSSR count). The van der Waals surface area contributed by atoms with Crippen LogP contribution in [0.1, 0.15) is 0 Å². The third kappa shape index (κ3) is 4.64. The Balaban J connectivity index is 2.39. The Hall–Kier alpha value is -2.18. The average Bonchev–Trinajstić information content (AvgIpc) is 2.47. The van der Waals surface area contributed by atoms with E-state index in [1.54, 1.807) is 18.2 Å². The van der Waals surface area contributed by atoms with Gasteiger partial charge in [-0.05, 0) is 24.3 Å². The van der Waals surface area contributed by atoms with E-state index >= 15 is 0 Å². The van der Waals surface area contributed by atoms with Gasteiger partial charge >= 0.3 is 0 Å². The molecule has 7 nitrogen and oxygen atoms in total.